The quantitative estimate of drug-likeness (QED) is 0.885. The maximum absolute atomic E-state index is 11.3. The SMILES string of the molecule is CC(C)Cc1noc(COc2cc(Cl)ccc2C(N)=O)n1. The predicted octanol–water partition coefficient (Wildman–Crippen LogP) is 2.60. The van der Waals surface area contributed by atoms with E-state index in [0.717, 1.165) is 6.42 Å². The molecule has 0 aliphatic rings. The highest BCUT2D eigenvalue weighted by molar-refractivity contribution is 6.30. The summed E-state index contributed by atoms with van der Waals surface area (Å²) >= 11 is 5.88. The molecule has 112 valence electrons. The highest BCUT2D eigenvalue weighted by Crippen LogP contribution is 2.24. The fourth-order valence-corrected chi connectivity index (χ4v) is 1.92. The summed E-state index contributed by atoms with van der Waals surface area (Å²) in [5, 5.41) is 4.31. The van der Waals surface area contributed by atoms with Gasteiger partial charge in [0.05, 0.1) is 5.56 Å². The first-order valence-electron chi connectivity index (χ1n) is 6.49. The third-order valence-electron chi connectivity index (χ3n) is 2.66. The highest BCUT2D eigenvalue weighted by atomic mass is 35.5. The van der Waals surface area contributed by atoms with Crippen molar-refractivity contribution in [1.82, 2.24) is 10.1 Å². The van der Waals surface area contributed by atoms with E-state index in [9.17, 15) is 4.79 Å². The molecule has 21 heavy (non-hydrogen) atoms. The van der Waals surface area contributed by atoms with Gasteiger partial charge < -0.3 is 15.0 Å². The van der Waals surface area contributed by atoms with Gasteiger partial charge in [0.25, 0.3) is 11.8 Å². The molecule has 0 fully saturated rings. The summed E-state index contributed by atoms with van der Waals surface area (Å²) in [5.74, 6) is 1.10. The second kappa shape index (κ2) is 6.58. The van der Waals surface area contributed by atoms with Crippen molar-refractivity contribution in [3.05, 3.63) is 40.5 Å². The Morgan fingerprint density at radius 3 is 2.90 bits per heavy atom. The Kier molecular flexibility index (Phi) is 4.80. The van der Waals surface area contributed by atoms with Gasteiger partial charge in [0, 0.05) is 11.4 Å². The summed E-state index contributed by atoms with van der Waals surface area (Å²) < 4.78 is 10.6. The number of ether oxygens (including phenoxy) is 1. The Balaban J connectivity index is 2.07. The summed E-state index contributed by atoms with van der Waals surface area (Å²) in [6, 6.07) is 4.60. The van der Waals surface area contributed by atoms with Crippen LogP contribution in [0.3, 0.4) is 0 Å². The molecule has 0 aliphatic heterocycles. The largest absolute Gasteiger partial charge is 0.483 e. The van der Waals surface area contributed by atoms with E-state index >= 15 is 0 Å². The van der Waals surface area contributed by atoms with Crippen molar-refractivity contribution in [3.8, 4) is 5.75 Å². The van der Waals surface area contributed by atoms with E-state index in [1.807, 2.05) is 0 Å². The highest BCUT2D eigenvalue weighted by Gasteiger charge is 2.13. The number of amides is 1. The van der Waals surface area contributed by atoms with Crippen LogP contribution < -0.4 is 10.5 Å². The molecule has 0 aliphatic carbocycles. The third kappa shape index (κ3) is 4.19. The molecule has 0 bridgehead atoms. The van der Waals surface area contributed by atoms with Crippen molar-refractivity contribution in [2.24, 2.45) is 11.7 Å². The normalized spacial score (nSPS) is 10.9. The van der Waals surface area contributed by atoms with Gasteiger partial charge in [0.2, 0.25) is 0 Å². The summed E-state index contributed by atoms with van der Waals surface area (Å²) in [6.45, 7) is 4.18. The molecule has 1 aromatic carbocycles. The molecule has 0 unspecified atom stereocenters. The molecule has 1 heterocycles. The van der Waals surface area contributed by atoms with Crippen molar-refractivity contribution in [3.63, 3.8) is 0 Å². The van der Waals surface area contributed by atoms with Crippen LogP contribution in [0.1, 0.15) is 35.9 Å². The first kappa shape index (κ1) is 15.3. The van der Waals surface area contributed by atoms with Crippen LogP contribution in [-0.4, -0.2) is 16.0 Å². The van der Waals surface area contributed by atoms with Crippen molar-refractivity contribution < 1.29 is 14.1 Å². The van der Waals surface area contributed by atoms with Crippen LogP contribution in [0.15, 0.2) is 22.7 Å². The minimum atomic E-state index is -0.590. The lowest BCUT2D eigenvalue weighted by Gasteiger charge is -2.07. The number of nitrogens with two attached hydrogens (primary N) is 1. The smallest absolute Gasteiger partial charge is 0.264 e. The van der Waals surface area contributed by atoms with Crippen LogP contribution >= 0.6 is 11.6 Å². The molecule has 0 atom stereocenters. The lowest BCUT2D eigenvalue weighted by molar-refractivity contribution is 0.0995. The average molecular weight is 310 g/mol. The van der Waals surface area contributed by atoms with E-state index in [0.29, 0.717) is 28.4 Å². The average Bonchev–Trinajstić information content (AvgIpc) is 2.82. The number of aromatic nitrogens is 2. The number of carbonyl (C=O) groups excluding carboxylic acids is 1. The fourth-order valence-electron chi connectivity index (χ4n) is 1.76. The van der Waals surface area contributed by atoms with E-state index in [1.54, 1.807) is 6.07 Å². The van der Waals surface area contributed by atoms with Crippen molar-refractivity contribution in [1.29, 1.82) is 0 Å². The van der Waals surface area contributed by atoms with Crippen molar-refractivity contribution in [2.45, 2.75) is 26.9 Å². The van der Waals surface area contributed by atoms with E-state index in [2.05, 4.69) is 24.0 Å². The van der Waals surface area contributed by atoms with Gasteiger partial charge >= 0.3 is 0 Å². The number of hydrogen-bond acceptors (Lipinski definition) is 5. The van der Waals surface area contributed by atoms with Crippen LogP contribution in [0.25, 0.3) is 0 Å². The Labute approximate surface area is 127 Å². The monoisotopic (exact) mass is 309 g/mol. The maximum Gasteiger partial charge on any atom is 0.264 e. The minimum absolute atomic E-state index is 0.0473. The molecule has 2 N–H and O–H groups in total. The molecular weight excluding hydrogens is 294 g/mol. The van der Waals surface area contributed by atoms with Gasteiger partial charge in [-0.15, -0.1) is 0 Å². The Hall–Kier alpha value is -2.08. The molecule has 2 rings (SSSR count). The van der Waals surface area contributed by atoms with E-state index in [-0.39, 0.29) is 12.2 Å². The number of rotatable bonds is 6. The summed E-state index contributed by atoms with van der Waals surface area (Å²) in [4.78, 5) is 15.5. The molecular formula is C14H16ClN3O3. The van der Waals surface area contributed by atoms with Gasteiger partial charge in [-0.05, 0) is 24.1 Å². The summed E-state index contributed by atoms with van der Waals surface area (Å²) in [6.07, 6.45) is 0.729. The van der Waals surface area contributed by atoms with Crippen LogP contribution in [0, 0.1) is 5.92 Å². The summed E-state index contributed by atoms with van der Waals surface area (Å²) in [7, 11) is 0. The Morgan fingerprint density at radius 1 is 1.48 bits per heavy atom. The first-order valence-corrected chi connectivity index (χ1v) is 6.87. The molecule has 0 radical (unpaired) electrons. The lowest BCUT2D eigenvalue weighted by atomic mass is 10.1. The molecule has 1 aromatic heterocycles. The topological polar surface area (TPSA) is 91.2 Å². The third-order valence-corrected chi connectivity index (χ3v) is 2.90. The molecule has 7 heteroatoms. The zero-order valence-corrected chi connectivity index (χ0v) is 12.6. The van der Waals surface area contributed by atoms with Crippen LogP contribution in [0.4, 0.5) is 0 Å². The van der Waals surface area contributed by atoms with E-state index in [1.165, 1.54) is 12.1 Å². The van der Waals surface area contributed by atoms with Crippen LogP contribution in [0.2, 0.25) is 5.02 Å². The minimum Gasteiger partial charge on any atom is -0.483 e. The molecule has 0 spiro atoms. The maximum atomic E-state index is 11.3. The first-order chi connectivity index (χ1) is 9.95. The van der Waals surface area contributed by atoms with E-state index in [4.69, 9.17) is 26.6 Å². The molecule has 0 saturated heterocycles. The van der Waals surface area contributed by atoms with Crippen molar-refractivity contribution in [2.75, 3.05) is 0 Å². The second-order valence-electron chi connectivity index (χ2n) is 5.00. The Bertz CT molecular complexity index is 640. The van der Waals surface area contributed by atoms with Gasteiger partial charge in [-0.25, -0.2) is 0 Å². The predicted molar refractivity (Wildman–Crippen MR) is 77.1 cm³/mol. The fraction of sp³-hybridized carbons (Fsp3) is 0.357. The number of nitrogens with zero attached hydrogens (tertiary/aromatic N) is 2. The molecule has 0 saturated carbocycles. The van der Waals surface area contributed by atoms with Gasteiger partial charge in [-0.1, -0.05) is 30.6 Å². The number of benzene rings is 1. The standard InChI is InChI=1S/C14H16ClN3O3/c1-8(2)5-12-17-13(21-18-12)7-20-11-6-9(15)3-4-10(11)14(16)19/h3-4,6,8H,5,7H2,1-2H3,(H2,16,19). The van der Waals surface area contributed by atoms with Crippen LogP contribution in [0.5, 0.6) is 5.75 Å². The number of carbonyl (C=O) groups is 1. The number of primary amides is 1. The lowest BCUT2D eigenvalue weighted by Crippen LogP contribution is -2.13. The zero-order valence-electron chi connectivity index (χ0n) is 11.8. The van der Waals surface area contributed by atoms with Gasteiger partial charge in [0.15, 0.2) is 12.4 Å². The molecule has 2 aromatic rings. The van der Waals surface area contributed by atoms with Crippen LogP contribution in [-0.2, 0) is 13.0 Å². The molecule has 6 nitrogen and oxygen atoms in total. The van der Waals surface area contributed by atoms with Gasteiger partial charge in [-0.2, -0.15) is 4.98 Å². The summed E-state index contributed by atoms with van der Waals surface area (Å²) in [5.41, 5.74) is 5.53. The number of hydrogen-bond donors (Lipinski definition) is 1. The Morgan fingerprint density at radius 2 is 2.24 bits per heavy atom. The zero-order chi connectivity index (χ0) is 15.4. The number of halogens is 1. The van der Waals surface area contributed by atoms with Gasteiger partial charge in [-0.3, -0.25) is 4.79 Å². The van der Waals surface area contributed by atoms with Crippen molar-refractivity contribution >= 4 is 17.5 Å². The van der Waals surface area contributed by atoms with Gasteiger partial charge in [0.1, 0.15) is 5.75 Å². The molecule has 1 amide bonds. The van der Waals surface area contributed by atoms with E-state index < -0.39 is 5.91 Å². The second-order valence-corrected chi connectivity index (χ2v) is 5.43.